The molecular weight excluding hydrogens is 417 g/mol. The maximum atomic E-state index is 13.0. The first-order valence-corrected chi connectivity index (χ1v) is 10.2. The Labute approximate surface area is 191 Å². The van der Waals surface area contributed by atoms with Crippen molar-refractivity contribution in [3.05, 3.63) is 76.3 Å². The first kappa shape index (κ1) is 26.2. The maximum absolute atomic E-state index is 13.0. The summed E-state index contributed by atoms with van der Waals surface area (Å²) in [6.45, 7) is 9.02. The van der Waals surface area contributed by atoms with Crippen LogP contribution in [0.2, 0.25) is 0 Å². The fourth-order valence-electron chi connectivity index (χ4n) is 3.40. The van der Waals surface area contributed by atoms with Crippen LogP contribution in [0.3, 0.4) is 0 Å². The standard InChI is InChI=1S/C24H31N3O.2ClH/c1-24(2,3)18-27-22(26-21-14-8-7-13-20(21)23(27)28)15-9-10-16-25-17-19-11-5-4-6-12-19;;/h4-8,11-14,25H,9-10,15-18H2,1-3H3;2*1H. The molecule has 30 heavy (non-hydrogen) atoms. The second-order valence-electron chi connectivity index (χ2n) is 8.62. The van der Waals surface area contributed by atoms with E-state index in [2.05, 4.69) is 50.4 Å². The first-order valence-electron chi connectivity index (χ1n) is 10.2. The number of unbranched alkanes of at least 4 members (excludes halogenated alkanes) is 1. The van der Waals surface area contributed by atoms with E-state index in [1.807, 2.05) is 34.9 Å². The van der Waals surface area contributed by atoms with E-state index in [1.54, 1.807) is 0 Å². The summed E-state index contributed by atoms with van der Waals surface area (Å²) in [6, 6.07) is 18.1. The van der Waals surface area contributed by atoms with E-state index in [9.17, 15) is 4.79 Å². The second kappa shape index (κ2) is 12.1. The Morgan fingerprint density at radius 3 is 2.30 bits per heavy atom. The molecule has 3 rings (SSSR count). The van der Waals surface area contributed by atoms with Gasteiger partial charge in [0, 0.05) is 19.5 Å². The molecule has 0 aliphatic heterocycles. The van der Waals surface area contributed by atoms with Crippen molar-refractivity contribution >= 4 is 35.7 Å². The Hall–Kier alpha value is -1.88. The van der Waals surface area contributed by atoms with Gasteiger partial charge in [-0.25, -0.2) is 4.98 Å². The lowest BCUT2D eigenvalue weighted by atomic mass is 9.96. The zero-order chi connectivity index (χ0) is 20.0. The van der Waals surface area contributed by atoms with Gasteiger partial charge in [0.2, 0.25) is 0 Å². The SMILES string of the molecule is CC(C)(C)Cn1c(CCCCNCc2ccccc2)nc2ccccc2c1=O.Cl.Cl. The lowest BCUT2D eigenvalue weighted by molar-refractivity contribution is 0.330. The summed E-state index contributed by atoms with van der Waals surface area (Å²) in [5.74, 6) is 0.904. The quantitative estimate of drug-likeness (QED) is 0.468. The van der Waals surface area contributed by atoms with Gasteiger partial charge in [-0.1, -0.05) is 63.2 Å². The van der Waals surface area contributed by atoms with Crippen molar-refractivity contribution in [1.82, 2.24) is 14.9 Å². The molecule has 164 valence electrons. The van der Waals surface area contributed by atoms with E-state index >= 15 is 0 Å². The molecule has 0 aliphatic rings. The molecule has 0 saturated carbocycles. The van der Waals surface area contributed by atoms with Crippen molar-refractivity contribution in [2.45, 2.75) is 53.1 Å². The third kappa shape index (κ3) is 7.42. The average Bonchev–Trinajstić information content (AvgIpc) is 2.67. The van der Waals surface area contributed by atoms with Gasteiger partial charge < -0.3 is 5.32 Å². The van der Waals surface area contributed by atoms with Crippen LogP contribution >= 0.6 is 24.8 Å². The summed E-state index contributed by atoms with van der Waals surface area (Å²) < 4.78 is 1.89. The fraction of sp³-hybridized carbons (Fsp3) is 0.417. The van der Waals surface area contributed by atoms with E-state index in [0.717, 1.165) is 43.7 Å². The Kier molecular flexibility index (Phi) is 10.5. The van der Waals surface area contributed by atoms with Crippen molar-refractivity contribution in [2.75, 3.05) is 6.54 Å². The van der Waals surface area contributed by atoms with Crippen LogP contribution < -0.4 is 10.9 Å². The third-order valence-corrected chi connectivity index (χ3v) is 4.75. The highest BCUT2D eigenvalue weighted by atomic mass is 35.5. The molecule has 0 radical (unpaired) electrons. The Morgan fingerprint density at radius 2 is 1.60 bits per heavy atom. The van der Waals surface area contributed by atoms with Gasteiger partial charge in [0.1, 0.15) is 5.82 Å². The number of halogens is 2. The third-order valence-electron chi connectivity index (χ3n) is 4.75. The Morgan fingerprint density at radius 1 is 0.933 bits per heavy atom. The Balaban J connectivity index is 0.00000225. The van der Waals surface area contributed by atoms with Crippen molar-refractivity contribution in [3.8, 4) is 0 Å². The van der Waals surface area contributed by atoms with Gasteiger partial charge in [0.15, 0.2) is 0 Å². The van der Waals surface area contributed by atoms with Gasteiger partial charge >= 0.3 is 0 Å². The molecule has 3 aromatic rings. The molecule has 0 bridgehead atoms. The molecule has 1 N–H and O–H groups in total. The molecular formula is C24H33Cl2N3O. The van der Waals surface area contributed by atoms with Gasteiger partial charge in [-0.05, 0) is 42.5 Å². The minimum Gasteiger partial charge on any atom is -0.313 e. The molecule has 0 fully saturated rings. The van der Waals surface area contributed by atoms with E-state index < -0.39 is 0 Å². The molecule has 0 saturated heterocycles. The molecule has 2 aromatic carbocycles. The monoisotopic (exact) mass is 449 g/mol. The summed E-state index contributed by atoms with van der Waals surface area (Å²) >= 11 is 0. The maximum Gasteiger partial charge on any atom is 0.261 e. The number of fused-ring (bicyclic) bond motifs is 1. The van der Waals surface area contributed by atoms with Crippen LogP contribution in [-0.4, -0.2) is 16.1 Å². The van der Waals surface area contributed by atoms with E-state index in [4.69, 9.17) is 4.98 Å². The minimum atomic E-state index is 0. The number of hydrogen-bond acceptors (Lipinski definition) is 3. The van der Waals surface area contributed by atoms with Crippen LogP contribution in [0.5, 0.6) is 0 Å². The minimum absolute atomic E-state index is 0. The van der Waals surface area contributed by atoms with E-state index in [0.29, 0.717) is 11.9 Å². The molecule has 0 atom stereocenters. The number of aromatic nitrogens is 2. The number of benzene rings is 2. The van der Waals surface area contributed by atoms with Crippen LogP contribution in [0.1, 0.15) is 45.0 Å². The number of hydrogen-bond donors (Lipinski definition) is 1. The van der Waals surface area contributed by atoms with Crippen molar-refractivity contribution < 1.29 is 0 Å². The predicted octanol–water partition coefficient (Wildman–Crippen LogP) is 5.40. The molecule has 6 heteroatoms. The smallest absolute Gasteiger partial charge is 0.261 e. The topological polar surface area (TPSA) is 46.9 Å². The lowest BCUT2D eigenvalue weighted by Gasteiger charge is -2.22. The summed E-state index contributed by atoms with van der Waals surface area (Å²) in [6.07, 6.45) is 2.89. The molecule has 1 aromatic heterocycles. The van der Waals surface area contributed by atoms with Crippen molar-refractivity contribution in [3.63, 3.8) is 0 Å². The number of para-hydroxylation sites is 1. The number of nitrogens with zero attached hydrogens (tertiary/aromatic N) is 2. The molecule has 0 amide bonds. The molecule has 4 nitrogen and oxygen atoms in total. The average molecular weight is 450 g/mol. The van der Waals surface area contributed by atoms with E-state index in [-0.39, 0.29) is 35.8 Å². The molecule has 1 heterocycles. The highest BCUT2D eigenvalue weighted by molar-refractivity contribution is 5.85. The van der Waals surface area contributed by atoms with Crippen LogP contribution in [-0.2, 0) is 19.5 Å². The van der Waals surface area contributed by atoms with Crippen LogP contribution in [0, 0.1) is 5.41 Å². The summed E-state index contributed by atoms with van der Waals surface area (Å²) in [7, 11) is 0. The van der Waals surface area contributed by atoms with Gasteiger partial charge in [-0.15, -0.1) is 24.8 Å². The second-order valence-corrected chi connectivity index (χ2v) is 8.62. The zero-order valence-corrected chi connectivity index (χ0v) is 19.7. The van der Waals surface area contributed by atoms with Gasteiger partial charge in [-0.2, -0.15) is 0 Å². The largest absolute Gasteiger partial charge is 0.313 e. The molecule has 0 spiro atoms. The number of nitrogens with one attached hydrogen (secondary N) is 1. The first-order chi connectivity index (χ1) is 13.4. The number of aryl methyl sites for hydroxylation is 1. The van der Waals surface area contributed by atoms with Crippen LogP contribution in [0.25, 0.3) is 10.9 Å². The highest BCUT2D eigenvalue weighted by Crippen LogP contribution is 2.18. The Bertz CT molecular complexity index is 966. The van der Waals surface area contributed by atoms with E-state index in [1.165, 1.54) is 5.56 Å². The highest BCUT2D eigenvalue weighted by Gasteiger charge is 2.17. The predicted molar refractivity (Wildman–Crippen MR) is 131 cm³/mol. The zero-order valence-electron chi connectivity index (χ0n) is 18.1. The van der Waals surface area contributed by atoms with Gasteiger partial charge in [0.05, 0.1) is 10.9 Å². The lowest BCUT2D eigenvalue weighted by Crippen LogP contribution is -2.30. The summed E-state index contributed by atoms with van der Waals surface area (Å²) in [4.78, 5) is 17.9. The van der Waals surface area contributed by atoms with Gasteiger partial charge in [0.25, 0.3) is 5.56 Å². The molecule has 0 unspecified atom stereocenters. The van der Waals surface area contributed by atoms with Crippen LogP contribution in [0.15, 0.2) is 59.4 Å². The molecule has 0 aliphatic carbocycles. The van der Waals surface area contributed by atoms with Crippen LogP contribution in [0.4, 0.5) is 0 Å². The fourth-order valence-corrected chi connectivity index (χ4v) is 3.40. The summed E-state index contributed by atoms with van der Waals surface area (Å²) in [5.41, 5.74) is 2.21. The van der Waals surface area contributed by atoms with Gasteiger partial charge in [-0.3, -0.25) is 9.36 Å². The van der Waals surface area contributed by atoms with Crippen molar-refractivity contribution in [1.29, 1.82) is 0 Å². The normalized spacial score (nSPS) is 11.0. The van der Waals surface area contributed by atoms with Crippen molar-refractivity contribution in [2.24, 2.45) is 5.41 Å². The number of rotatable bonds is 8. The summed E-state index contributed by atoms with van der Waals surface area (Å²) in [5, 5.41) is 4.20.